The Morgan fingerprint density at radius 3 is 2.22 bits per heavy atom. The molecule has 0 spiro atoms. The zero-order valence-corrected chi connectivity index (χ0v) is 16.6. The lowest BCUT2D eigenvalue weighted by Crippen LogP contribution is -2.22. The van der Waals surface area contributed by atoms with E-state index in [1.165, 1.54) is 16.7 Å². The van der Waals surface area contributed by atoms with Crippen LogP contribution in [0.3, 0.4) is 0 Å². The van der Waals surface area contributed by atoms with Crippen molar-refractivity contribution >= 4 is 40.3 Å². The summed E-state index contributed by atoms with van der Waals surface area (Å²) in [5.41, 5.74) is 0.823. The fraction of sp³-hybridized carbons (Fsp3) is 0.200. The van der Waals surface area contributed by atoms with Crippen molar-refractivity contribution in [3.63, 3.8) is 0 Å². The van der Waals surface area contributed by atoms with Gasteiger partial charge in [-0.2, -0.15) is 0 Å². The lowest BCUT2D eigenvalue weighted by Gasteiger charge is -2.12. The van der Waals surface area contributed by atoms with Gasteiger partial charge in [0.05, 0.1) is 12.0 Å². The average molecular weight is 402 g/mol. The number of thioether (sulfide) groups is 1. The predicted molar refractivity (Wildman–Crippen MR) is 111 cm³/mol. The third-order valence-electron chi connectivity index (χ3n) is 3.86. The Hall–Kier alpha value is -2.51. The van der Waals surface area contributed by atoms with E-state index in [1.54, 1.807) is 20.2 Å². The predicted octanol–water partition coefficient (Wildman–Crippen LogP) is 3.98. The number of hydrogen-bond acceptors (Lipinski definition) is 6. The average Bonchev–Trinajstić information content (AvgIpc) is 2.93. The maximum Gasteiger partial charge on any atom is 0.265 e. The maximum atomic E-state index is 12.2. The van der Waals surface area contributed by atoms with E-state index < -0.39 is 0 Å². The molecule has 0 radical (unpaired) electrons. The number of amides is 1. The van der Waals surface area contributed by atoms with E-state index in [1.807, 2.05) is 48.5 Å². The monoisotopic (exact) mass is 401 g/mol. The quantitative estimate of drug-likeness (QED) is 0.397. The van der Waals surface area contributed by atoms with Crippen LogP contribution in [0.15, 0.2) is 53.4 Å². The Bertz CT molecular complexity index is 882. The van der Waals surface area contributed by atoms with Crippen LogP contribution in [0.1, 0.15) is 5.56 Å². The zero-order chi connectivity index (χ0) is 19.2. The fourth-order valence-electron chi connectivity index (χ4n) is 2.46. The molecule has 1 fully saturated rings. The largest absolute Gasteiger partial charge is 0.493 e. The molecule has 0 aliphatic carbocycles. The Morgan fingerprint density at radius 2 is 1.59 bits per heavy atom. The van der Waals surface area contributed by atoms with Crippen LogP contribution in [0, 0.1) is 0 Å². The maximum absolute atomic E-state index is 12.2. The van der Waals surface area contributed by atoms with Gasteiger partial charge in [-0.05, 0) is 24.3 Å². The van der Waals surface area contributed by atoms with Crippen molar-refractivity contribution in [2.24, 2.45) is 0 Å². The second-order valence-corrected chi connectivity index (χ2v) is 7.30. The van der Waals surface area contributed by atoms with E-state index in [9.17, 15) is 4.79 Å². The lowest BCUT2D eigenvalue weighted by atomic mass is 10.2. The highest BCUT2D eigenvalue weighted by molar-refractivity contribution is 8.26. The SMILES string of the molecule is COc1ccccc1OCCOc1ccccc1/C=C1/SC(=S)N(C)C1=O. The van der Waals surface area contributed by atoms with Gasteiger partial charge in [0.2, 0.25) is 0 Å². The minimum Gasteiger partial charge on any atom is -0.493 e. The normalized spacial score (nSPS) is 15.3. The highest BCUT2D eigenvalue weighted by atomic mass is 32.2. The molecule has 0 aromatic heterocycles. The smallest absolute Gasteiger partial charge is 0.265 e. The first-order valence-electron chi connectivity index (χ1n) is 8.29. The van der Waals surface area contributed by atoms with Crippen LogP contribution in [0.2, 0.25) is 0 Å². The molecule has 2 aromatic carbocycles. The van der Waals surface area contributed by atoms with Gasteiger partial charge in [0.15, 0.2) is 11.5 Å². The number of thiocarbonyl (C=S) groups is 1. The number of benzene rings is 2. The van der Waals surface area contributed by atoms with E-state index in [0.29, 0.717) is 39.7 Å². The summed E-state index contributed by atoms with van der Waals surface area (Å²) in [7, 11) is 3.28. The number of likely N-dealkylation sites (N-methyl/N-ethyl adjacent to an activating group) is 1. The van der Waals surface area contributed by atoms with E-state index in [-0.39, 0.29) is 5.91 Å². The van der Waals surface area contributed by atoms with Crippen LogP contribution in [0.4, 0.5) is 0 Å². The molecule has 2 aromatic rings. The molecule has 0 N–H and O–H groups in total. The molecule has 0 atom stereocenters. The number of hydrogen-bond donors (Lipinski definition) is 0. The Kier molecular flexibility index (Phi) is 6.36. The first-order valence-corrected chi connectivity index (χ1v) is 9.52. The van der Waals surface area contributed by atoms with Gasteiger partial charge in [-0.1, -0.05) is 54.3 Å². The summed E-state index contributed by atoms with van der Waals surface area (Å²) in [5, 5.41) is 0. The summed E-state index contributed by atoms with van der Waals surface area (Å²) in [6, 6.07) is 15.0. The van der Waals surface area contributed by atoms with E-state index in [4.69, 9.17) is 26.4 Å². The van der Waals surface area contributed by atoms with Gasteiger partial charge in [0, 0.05) is 12.6 Å². The van der Waals surface area contributed by atoms with Gasteiger partial charge < -0.3 is 14.2 Å². The van der Waals surface area contributed by atoms with Crippen molar-refractivity contribution < 1.29 is 19.0 Å². The highest BCUT2D eigenvalue weighted by Gasteiger charge is 2.28. The zero-order valence-electron chi connectivity index (χ0n) is 15.0. The Balaban J connectivity index is 1.63. The molecule has 1 saturated heterocycles. The Labute approximate surface area is 167 Å². The summed E-state index contributed by atoms with van der Waals surface area (Å²) in [5.74, 6) is 1.94. The van der Waals surface area contributed by atoms with Gasteiger partial charge in [0.25, 0.3) is 5.91 Å². The van der Waals surface area contributed by atoms with Crippen molar-refractivity contribution in [2.45, 2.75) is 0 Å². The number of ether oxygens (including phenoxy) is 3. The molecule has 5 nitrogen and oxygen atoms in total. The highest BCUT2D eigenvalue weighted by Crippen LogP contribution is 2.33. The third kappa shape index (κ3) is 4.61. The number of methoxy groups -OCH3 is 1. The number of carbonyl (C=O) groups is 1. The number of para-hydroxylation sites is 3. The number of nitrogens with zero attached hydrogens (tertiary/aromatic N) is 1. The first kappa shape index (κ1) is 19.3. The van der Waals surface area contributed by atoms with Gasteiger partial charge in [-0.25, -0.2) is 0 Å². The van der Waals surface area contributed by atoms with Gasteiger partial charge in [-0.3, -0.25) is 9.69 Å². The van der Waals surface area contributed by atoms with Gasteiger partial charge in [0.1, 0.15) is 23.3 Å². The summed E-state index contributed by atoms with van der Waals surface area (Å²) in [4.78, 5) is 14.2. The molecule has 1 amide bonds. The topological polar surface area (TPSA) is 48.0 Å². The minimum absolute atomic E-state index is 0.0979. The van der Waals surface area contributed by atoms with E-state index >= 15 is 0 Å². The second-order valence-electron chi connectivity index (χ2n) is 5.63. The Morgan fingerprint density at radius 1 is 1.00 bits per heavy atom. The summed E-state index contributed by atoms with van der Waals surface area (Å²) < 4.78 is 17.4. The standard InChI is InChI=1S/C20H19NO4S2/c1-21-19(22)18(27-20(21)26)13-14-7-3-4-8-15(14)24-11-12-25-17-10-6-5-9-16(17)23-2/h3-10,13H,11-12H2,1-2H3/b18-13+. The molecule has 1 aliphatic rings. The van der Waals surface area contributed by atoms with Crippen molar-refractivity contribution in [1.29, 1.82) is 0 Å². The van der Waals surface area contributed by atoms with Crippen molar-refractivity contribution in [3.8, 4) is 17.2 Å². The third-order valence-corrected chi connectivity index (χ3v) is 5.34. The molecular weight excluding hydrogens is 382 g/mol. The lowest BCUT2D eigenvalue weighted by molar-refractivity contribution is -0.121. The van der Waals surface area contributed by atoms with Crippen LogP contribution in [0.5, 0.6) is 17.2 Å². The molecule has 3 rings (SSSR count). The first-order chi connectivity index (χ1) is 13.1. The molecule has 0 bridgehead atoms. The summed E-state index contributed by atoms with van der Waals surface area (Å²) in [6.07, 6.45) is 1.80. The molecule has 1 aliphatic heterocycles. The molecule has 7 heteroatoms. The van der Waals surface area contributed by atoms with Gasteiger partial charge >= 0.3 is 0 Å². The molecule has 140 valence electrons. The van der Waals surface area contributed by atoms with Crippen molar-refractivity contribution in [2.75, 3.05) is 27.4 Å². The number of rotatable bonds is 7. The molecule has 27 heavy (non-hydrogen) atoms. The minimum atomic E-state index is -0.0979. The van der Waals surface area contributed by atoms with E-state index in [2.05, 4.69) is 0 Å². The summed E-state index contributed by atoms with van der Waals surface area (Å²) in [6.45, 7) is 0.726. The molecule has 1 heterocycles. The molecule has 0 unspecified atom stereocenters. The fourth-order valence-corrected chi connectivity index (χ4v) is 3.63. The number of carbonyl (C=O) groups excluding carboxylic acids is 1. The molecular formula is C20H19NO4S2. The van der Waals surface area contributed by atoms with Crippen LogP contribution in [-0.2, 0) is 4.79 Å². The van der Waals surface area contributed by atoms with Crippen LogP contribution >= 0.6 is 24.0 Å². The van der Waals surface area contributed by atoms with E-state index in [0.717, 1.165) is 5.56 Å². The van der Waals surface area contributed by atoms with Crippen LogP contribution in [0.25, 0.3) is 6.08 Å². The van der Waals surface area contributed by atoms with Gasteiger partial charge in [-0.15, -0.1) is 0 Å². The second kappa shape index (κ2) is 8.92. The van der Waals surface area contributed by atoms with Crippen molar-refractivity contribution in [3.05, 3.63) is 59.0 Å². The van der Waals surface area contributed by atoms with Crippen molar-refractivity contribution in [1.82, 2.24) is 4.90 Å². The molecule has 0 saturated carbocycles. The van der Waals surface area contributed by atoms with Crippen LogP contribution in [-0.4, -0.2) is 42.5 Å². The van der Waals surface area contributed by atoms with Crippen LogP contribution < -0.4 is 14.2 Å². The summed E-state index contributed by atoms with van der Waals surface area (Å²) >= 11 is 6.46.